The quantitative estimate of drug-likeness (QED) is 0.268. The first-order chi connectivity index (χ1) is 18.7. The molecule has 0 bridgehead atoms. The van der Waals surface area contributed by atoms with Crippen molar-refractivity contribution in [3.63, 3.8) is 0 Å². The second-order valence-electron chi connectivity index (χ2n) is 9.89. The summed E-state index contributed by atoms with van der Waals surface area (Å²) in [5.74, 6) is -0.624. The molecule has 2 aromatic heterocycles. The van der Waals surface area contributed by atoms with E-state index in [2.05, 4.69) is 5.32 Å². The van der Waals surface area contributed by atoms with Gasteiger partial charge in [0, 0.05) is 46.5 Å². The number of ether oxygens (including phenoxy) is 1. The van der Waals surface area contributed by atoms with Gasteiger partial charge in [0.15, 0.2) is 5.58 Å². The fourth-order valence-corrected chi connectivity index (χ4v) is 5.49. The Morgan fingerprint density at radius 3 is 2.64 bits per heavy atom. The first-order valence-corrected chi connectivity index (χ1v) is 13.8. The van der Waals surface area contributed by atoms with E-state index in [1.54, 1.807) is 23.6 Å². The van der Waals surface area contributed by atoms with Gasteiger partial charge in [-0.2, -0.15) is 0 Å². The number of halogens is 2. The molecule has 2 heterocycles. The van der Waals surface area contributed by atoms with Gasteiger partial charge in [0.1, 0.15) is 12.4 Å². The van der Waals surface area contributed by atoms with E-state index in [0.29, 0.717) is 33.3 Å². The molecule has 202 valence electrons. The normalized spacial score (nSPS) is 13.2. The molecule has 0 aliphatic heterocycles. The molecule has 0 saturated heterocycles. The molecule has 1 aliphatic carbocycles. The lowest BCUT2D eigenvalue weighted by atomic mass is 9.94. The predicted octanol–water partition coefficient (Wildman–Crippen LogP) is 5.17. The molecule has 1 N–H and O–H groups in total. The Bertz CT molecular complexity index is 1720. The summed E-state index contributed by atoms with van der Waals surface area (Å²) < 4.78 is 28.2. The smallest absolute Gasteiger partial charge is 0.339 e. The minimum absolute atomic E-state index is 0.0375. The van der Waals surface area contributed by atoms with Crippen LogP contribution in [0.5, 0.6) is 0 Å². The zero-order valence-corrected chi connectivity index (χ0v) is 24.1. The van der Waals surface area contributed by atoms with E-state index in [0.717, 1.165) is 27.5 Å². The molecule has 1 aliphatic rings. The summed E-state index contributed by atoms with van der Waals surface area (Å²) in [4.78, 5) is 39.0. The minimum Gasteiger partial charge on any atom is -0.422 e. The minimum atomic E-state index is -0.560. The Morgan fingerprint density at radius 1 is 1.18 bits per heavy atom. The van der Waals surface area contributed by atoms with Crippen molar-refractivity contribution in [2.24, 2.45) is 0 Å². The number of methoxy groups -OCH3 is 1. The zero-order chi connectivity index (χ0) is 27.8. The van der Waals surface area contributed by atoms with Gasteiger partial charge in [-0.25, -0.2) is 9.18 Å². The molecule has 9 heteroatoms. The molecule has 0 spiro atoms. The number of rotatable bonds is 8. The highest BCUT2D eigenvalue weighted by molar-refractivity contribution is 14.1. The lowest BCUT2D eigenvalue weighted by Crippen LogP contribution is -2.26. The number of nitrogens with one attached hydrogen (secondary N) is 1. The molecule has 0 radical (unpaired) electrons. The molecule has 0 atom stereocenters. The van der Waals surface area contributed by atoms with Crippen LogP contribution in [0.25, 0.3) is 22.1 Å². The van der Waals surface area contributed by atoms with E-state index in [-0.39, 0.29) is 48.5 Å². The molecule has 5 rings (SSSR count). The van der Waals surface area contributed by atoms with Crippen LogP contribution in [-0.4, -0.2) is 24.2 Å². The summed E-state index contributed by atoms with van der Waals surface area (Å²) in [5, 5.41) is 3.11. The van der Waals surface area contributed by atoms with Crippen LogP contribution in [0.3, 0.4) is 0 Å². The van der Waals surface area contributed by atoms with Gasteiger partial charge in [-0.3, -0.25) is 9.59 Å². The lowest BCUT2D eigenvalue weighted by molar-refractivity contribution is -0.124. The third-order valence-electron chi connectivity index (χ3n) is 7.14. The van der Waals surface area contributed by atoms with E-state index in [9.17, 15) is 18.8 Å². The Hall–Kier alpha value is -3.31. The Labute approximate surface area is 238 Å². The molecule has 1 saturated carbocycles. The highest BCUT2D eigenvalue weighted by atomic mass is 127. The van der Waals surface area contributed by atoms with Crippen LogP contribution in [0.4, 0.5) is 4.39 Å². The van der Waals surface area contributed by atoms with Crippen molar-refractivity contribution in [1.82, 2.24) is 9.88 Å². The average Bonchev–Trinajstić information content (AvgIpc) is 3.72. The van der Waals surface area contributed by atoms with Gasteiger partial charge in [0.05, 0.1) is 5.39 Å². The number of aromatic nitrogens is 1. The average molecular weight is 642 g/mol. The zero-order valence-electron chi connectivity index (χ0n) is 21.9. The number of carbonyl (C=O) groups is 1. The topological polar surface area (TPSA) is 90.5 Å². The summed E-state index contributed by atoms with van der Waals surface area (Å²) >= 11 is 2.05. The third-order valence-corrected chi connectivity index (χ3v) is 7.81. The highest BCUT2D eigenvalue weighted by Gasteiger charge is 2.31. The number of hydrogen-bond donors (Lipinski definition) is 1. The van der Waals surface area contributed by atoms with E-state index >= 15 is 0 Å². The number of fused-ring (bicyclic) bond motifs is 1. The maximum Gasteiger partial charge on any atom is 0.339 e. The van der Waals surface area contributed by atoms with Crippen LogP contribution in [0.15, 0.2) is 56.5 Å². The van der Waals surface area contributed by atoms with E-state index < -0.39 is 5.63 Å². The Balaban J connectivity index is 1.73. The van der Waals surface area contributed by atoms with Crippen molar-refractivity contribution in [3.8, 4) is 11.1 Å². The van der Waals surface area contributed by atoms with Crippen molar-refractivity contribution < 1.29 is 18.3 Å². The standard InChI is InChI=1S/C30H28FIN2O5/c1-16-23(12-19-7-8-21(32)13-24(19)31)27-28(39-30(16)37)26(17(2)34(29(27)36)22-9-10-22)20-6-4-5-18(11-20)14-33-25(35)15-38-3/h4-8,11,13,22H,9-10,12,14-15H2,1-3H3,(H,33,35). The molecular weight excluding hydrogens is 614 g/mol. The number of carbonyl (C=O) groups excluding carboxylic acids is 1. The van der Waals surface area contributed by atoms with Gasteiger partial charge in [0.2, 0.25) is 5.91 Å². The molecule has 39 heavy (non-hydrogen) atoms. The number of pyridine rings is 1. The Morgan fingerprint density at radius 2 is 1.95 bits per heavy atom. The van der Waals surface area contributed by atoms with Crippen molar-refractivity contribution in [3.05, 3.63) is 101 Å². The van der Waals surface area contributed by atoms with Crippen LogP contribution in [0.1, 0.15) is 46.8 Å². The van der Waals surface area contributed by atoms with Crippen LogP contribution in [-0.2, 0) is 22.5 Å². The largest absolute Gasteiger partial charge is 0.422 e. The van der Waals surface area contributed by atoms with Crippen molar-refractivity contribution in [2.75, 3.05) is 13.7 Å². The van der Waals surface area contributed by atoms with Gasteiger partial charge in [-0.1, -0.05) is 24.3 Å². The Kier molecular flexibility index (Phi) is 7.73. The summed E-state index contributed by atoms with van der Waals surface area (Å²) in [6.45, 7) is 3.73. The molecular formula is C30H28FIN2O5. The SMILES string of the molecule is COCC(=O)NCc1cccc(-c2c(C)n(C3CC3)c(=O)c3c(Cc4ccc(I)cc4F)c(C)c(=O)oc23)c1. The lowest BCUT2D eigenvalue weighted by Gasteiger charge is -2.19. The molecule has 7 nitrogen and oxygen atoms in total. The van der Waals surface area contributed by atoms with Gasteiger partial charge < -0.3 is 19.0 Å². The highest BCUT2D eigenvalue weighted by Crippen LogP contribution is 2.40. The number of benzene rings is 2. The van der Waals surface area contributed by atoms with E-state index in [1.807, 2.05) is 53.8 Å². The number of hydrogen-bond acceptors (Lipinski definition) is 5. The van der Waals surface area contributed by atoms with Crippen LogP contribution >= 0.6 is 22.6 Å². The van der Waals surface area contributed by atoms with Gasteiger partial charge in [-0.05, 0) is 89.7 Å². The number of nitrogens with zero attached hydrogens (tertiary/aromatic N) is 1. The molecule has 1 fully saturated rings. The van der Waals surface area contributed by atoms with Crippen LogP contribution in [0, 0.1) is 23.2 Å². The van der Waals surface area contributed by atoms with E-state index in [1.165, 1.54) is 13.2 Å². The second-order valence-corrected chi connectivity index (χ2v) is 11.1. The summed E-state index contributed by atoms with van der Waals surface area (Å²) in [6.07, 6.45) is 1.85. The molecule has 0 unspecified atom stereocenters. The number of amides is 1. The fraction of sp³-hybridized carbons (Fsp3) is 0.300. The van der Waals surface area contributed by atoms with Crippen LogP contribution in [0.2, 0.25) is 0 Å². The summed E-state index contributed by atoms with van der Waals surface area (Å²) in [7, 11) is 1.46. The van der Waals surface area contributed by atoms with Gasteiger partial charge >= 0.3 is 5.63 Å². The predicted molar refractivity (Wildman–Crippen MR) is 156 cm³/mol. The molecule has 4 aromatic rings. The van der Waals surface area contributed by atoms with Crippen molar-refractivity contribution in [1.29, 1.82) is 0 Å². The molecule has 2 aromatic carbocycles. The van der Waals surface area contributed by atoms with E-state index in [4.69, 9.17) is 9.15 Å². The van der Waals surface area contributed by atoms with Crippen molar-refractivity contribution >= 4 is 39.5 Å². The third kappa shape index (κ3) is 5.42. The first kappa shape index (κ1) is 27.3. The van der Waals surface area contributed by atoms with Gasteiger partial charge in [0.25, 0.3) is 5.56 Å². The summed E-state index contributed by atoms with van der Waals surface area (Å²) in [6, 6.07) is 12.5. The maximum atomic E-state index is 14.9. The maximum absolute atomic E-state index is 14.9. The molecule has 1 amide bonds. The van der Waals surface area contributed by atoms with Gasteiger partial charge in [-0.15, -0.1) is 0 Å². The fourth-order valence-electron chi connectivity index (χ4n) is 5.04. The summed E-state index contributed by atoms with van der Waals surface area (Å²) in [5.41, 5.74) is 3.52. The second kappa shape index (κ2) is 11.1. The van der Waals surface area contributed by atoms with Crippen LogP contribution < -0.4 is 16.5 Å². The first-order valence-electron chi connectivity index (χ1n) is 12.7. The van der Waals surface area contributed by atoms with Crippen molar-refractivity contribution in [2.45, 2.75) is 45.7 Å². The monoisotopic (exact) mass is 642 g/mol.